The van der Waals surface area contributed by atoms with Crippen LogP contribution in [-0.2, 0) is 4.79 Å². The smallest absolute Gasteiger partial charge is 0.243 e. The van der Waals surface area contributed by atoms with Crippen LogP contribution in [0.3, 0.4) is 0 Å². The zero-order valence-corrected chi connectivity index (χ0v) is 11.2. The van der Waals surface area contributed by atoms with Crippen LogP contribution >= 0.6 is 11.6 Å². The Labute approximate surface area is 112 Å². The third-order valence-electron chi connectivity index (χ3n) is 3.56. The summed E-state index contributed by atoms with van der Waals surface area (Å²) in [6.45, 7) is 1.70. The van der Waals surface area contributed by atoms with E-state index in [1.165, 1.54) is 0 Å². The minimum Gasteiger partial charge on any atom is -0.370 e. The highest BCUT2D eigenvalue weighted by atomic mass is 35.5. The van der Waals surface area contributed by atoms with Crippen LogP contribution < -0.4 is 11.1 Å². The number of piperidine rings is 1. The number of halogens is 1. The monoisotopic (exact) mass is 267 g/mol. The van der Waals surface area contributed by atoms with Crippen molar-refractivity contribution >= 4 is 23.2 Å². The molecule has 1 aromatic carbocycles. The first kappa shape index (κ1) is 13.2. The lowest BCUT2D eigenvalue weighted by molar-refractivity contribution is -0.123. The Morgan fingerprint density at radius 2 is 2.00 bits per heavy atom. The largest absolute Gasteiger partial charge is 0.370 e. The number of hydrogen-bond donors (Lipinski definition) is 2. The van der Waals surface area contributed by atoms with Crippen LogP contribution in [0.1, 0.15) is 12.8 Å². The Kier molecular flexibility index (Phi) is 3.78. The number of primary amides is 1. The van der Waals surface area contributed by atoms with E-state index in [0.29, 0.717) is 17.9 Å². The van der Waals surface area contributed by atoms with E-state index in [1.807, 2.05) is 25.2 Å². The average molecular weight is 268 g/mol. The van der Waals surface area contributed by atoms with E-state index in [9.17, 15) is 4.79 Å². The third kappa shape index (κ3) is 2.60. The number of rotatable bonds is 3. The molecule has 1 amide bonds. The summed E-state index contributed by atoms with van der Waals surface area (Å²) in [7, 11) is 2.04. The van der Waals surface area contributed by atoms with Crippen molar-refractivity contribution < 1.29 is 4.79 Å². The van der Waals surface area contributed by atoms with Gasteiger partial charge in [-0.3, -0.25) is 4.79 Å². The Bertz CT molecular complexity index is 442. The van der Waals surface area contributed by atoms with Crippen LogP contribution in [0.5, 0.6) is 0 Å². The molecule has 2 rings (SSSR count). The number of para-hydroxylation sites is 1. The van der Waals surface area contributed by atoms with Crippen LogP contribution in [0.2, 0.25) is 5.02 Å². The van der Waals surface area contributed by atoms with Crippen molar-refractivity contribution in [2.75, 3.05) is 25.5 Å². The first-order valence-electron chi connectivity index (χ1n) is 6.05. The molecule has 4 nitrogen and oxygen atoms in total. The lowest BCUT2D eigenvalue weighted by atomic mass is 9.86. The average Bonchev–Trinajstić information content (AvgIpc) is 2.35. The lowest BCUT2D eigenvalue weighted by Crippen LogP contribution is -2.56. The summed E-state index contributed by atoms with van der Waals surface area (Å²) in [6.07, 6.45) is 1.40. The Morgan fingerprint density at radius 3 is 2.56 bits per heavy atom. The topological polar surface area (TPSA) is 58.4 Å². The van der Waals surface area contributed by atoms with E-state index in [4.69, 9.17) is 17.3 Å². The van der Waals surface area contributed by atoms with Gasteiger partial charge in [-0.05, 0) is 32.0 Å². The standard InChI is InChI=1S/C13H18ClN3O/c1-17-8-6-13(7-9-17,12(15)18)16-11-5-3-2-4-10(11)14/h2-5,16H,6-9H2,1H3,(H2,15,18). The number of nitrogens with one attached hydrogen (secondary N) is 1. The molecule has 3 N–H and O–H groups in total. The van der Waals surface area contributed by atoms with Crippen molar-refractivity contribution in [1.29, 1.82) is 0 Å². The van der Waals surface area contributed by atoms with E-state index in [2.05, 4.69) is 10.2 Å². The molecule has 1 aliphatic rings. The molecule has 0 unspecified atom stereocenters. The number of nitrogens with two attached hydrogens (primary N) is 1. The fourth-order valence-electron chi connectivity index (χ4n) is 2.25. The number of hydrogen-bond acceptors (Lipinski definition) is 3. The molecule has 0 atom stereocenters. The number of nitrogens with zero attached hydrogens (tertiary/aromatic N) is 1. The van der Waals surface area contributed by atoms with Crippen molar-refractivity contribution in [3.05, 3.63) is 29.3 Å². The highest BCUT2D eigenvalue weighted by molar-refractivity contribution is 6.33. The molecule has 18 heavy (non-hydrogen) atoms. The summed E-state index contributed by atoms with van der Waals surface area (Å²) in [5, 5.41) is 3.86. The molecule has 1 saturated heterocycles. The second-order valence-electron chi connectivity index (χ2n) is 4.85. The molecular formula is C13H18ClN3O. The van der Waals surface area contributed by atoms with E-state index in [-0.39, 0.29) is 5.91 Å². The van der Waals surface area contributed by atoms with E-state index in [0.717, 1.165) is 18.8 Å². The van der Waals surface area contributed by atoms with Gasteiger partial charge in [-0.1, -0.05) is 23.7 Å². The highest BCUT2D eigenvalue weighted by Crippen LogP contribution is 2.30. The summed E-state index contributed by atoms with van der Waals surface area (Å²) in [5.74, 6) is -0.310. The number of likely N-dealkylation sites (tertiary alicyclic amines) is 1. The van der Waals surface area contributed by atoms with Gasteiger partial charge in [-0.25, -0.2) is 0 Å². The molecule has 1 fully saturated rings. The molecule has 1 aromatic rings. The molecule has 1 aliphatic heterocycles. The van der Waals surface area contributed by atoms with Crippen LogP contribution in [0, 0.1) is 0 Å². The van der Waals surface area contributed by atoms with Crippen molar-refractivity contribution in [1.82, 2.24) is 4.90 Å². The fraction of sp³-hybridized carbons (Fsp3) is 0.462. The number of benzene rings is 1. The van der Waals surface area contributed by atoms with E-state index in [1.54, 1.807) is 6.07 Å². The summed E-state index contributed by atoms with van der Waals surface area (Å²) in [4.78, 5) is 14.0. The fourth-order valence-corrected chi connectivity index (χ4v) is 2.44. The number of amides is 1. The molecule has 0 spiro atoms. The van der Waals surface area contributed by atoms with Crippen LogP contribution in [-0.4, -0.2) is 36.5 Å². The van der Waals surface area contributed by atoms with Crippen molar-refractivity contribution in [3.63, 3.8) is 0 Å². The lowest BCUT2D eigenvalue weighted by Gasteiger charge is -2.39. The van der Waals surface area contributed by atoms with Gasteiger partial charge in [0.05, 0.1) is 10.7 Å². The summed E-state index contributed by atoms with van der Waals surface area (Å²) in [6, 6.07) is 7.41. The minimum absolute atomic E-state index is 0.310. The van der Waals surface area contributed by atoms with Gasteiger partial charge in [0.2, 0.25) is 5.91 Å². The molecule has 0 saturated carbocycles. The van der Waals surface area contributed by atoms with Gasteiger partial charge >= 0.3 is 0 Å². The van der Waals surface area contributed by atoms with Crippen molar-refractivity contribution in [3.8, 4) is 0 Å². The molecule has 0 radical (unpaired) electrons. The molecule has 0 bridgehead atoms. The maximum Gasteiger partial charge on any atom is 0.243 e. The molecule has 0 aromatic heterocycles. The van der Waals surface area contributed by atoms with Crippen LogP contribution in [0.15, 0.2) is 24.3 Å². The van der Waals surface area contributed by atoms with Crippen LogP contribution in [0.25, 0.3) is 0 Å². The molecule has 98 valence electrons. The van der Waals surface area contributed by atoms with Gasteiger partial charge in [0.25, 0.3) is 0 Å². The first-order chi connectivity index (χ1) is 8.53. The quantitative estimate of drug-likeness (QED) is 0.876. The third-order valence-corrected chi connectivity index (χ3v) is 3.89. The van der Waals surface area contributed by atoms with Crippen LogP contribution in [0.4, 0.5) is 5.69 Å². The zero-order valence-electron chi connectivity index (χ0n) is 10.4. The Morgan fingerprint density at radius 1 is 1.39 bits per heavy atom. The summed E-state index contributed by atoms with van der Waals surface area (Å²) in [5.41, 5.74) is 5.67. The first-order valence-corrected chi connectivity index (χ1v) is 6.42. The molecule has 5 heteroatoms. The highest BCUT2D eigenvalue weighted by Gasteiger charge is 2.39. The van der Waals surface area contributed by atoms with Gasteiger partial charge in [0.15, 0.2) is 0 Å². The number of anilines is 1. The molecule has 0 aliphatic carbocycles. The molecular weight excluding hydrogens is 250 g/mol. The van der Waals surface area contributed by atoms with Crippen molar-refractivity contribution in [2.45, 2.75) is 18.4 Å². The van der Waals surface area contributed by atoms with E-state index < -0.39 is 5.54 Å². The normalized spacial score (nSPS) is 19.4. The summed E-state index contributed by atoms with van der Waals surface area (Å²) < 4.78 is 0. The Balaban J connectivity index is 2.22. The maximum absolute atomic E-state index is 11.8. The minimum atomic E-state index is -0.683. The SMILES string of the molecule is CN1CCC(Nc2ccccc2Cl)(C(N)=O)CC1. The van der Waals surface area contributed by atoms with Gasteiger partial charge in [0.1, 0.15) is 5.54 Å². The number of carbonyl (C=O) groups excluding carboxylic acids is 1. The zero-order chi connectivity index (χ0) is 13.2. The van der Waals surface area contributed by atoms with Gasteiger partial charge in [-0.2, -0.15) is 0 Å². The van der Waals surface area contributed by atoms with Gasteiger partial charge in [0, 0.05) is 13.1 Å². The van der Waals surface area contributed by atoms with Crippen molar-refractivity contribution in [2.24, 2.45) is 5.73 Å². The predicted octanol–water partition coefficient (Wildman–Crippen LogP) is 1.70. The predicted molar refractivity (Wildman–Crippen MR) is 73.7 cm³/mol. The van der Waals surface area contributed by atoms with E-state index >= 15 is 0 Å². The second kappa shape index (κ2) is 5.16. The number of carbonyl (C=O) groups is 1. The van der Waals surface area contributed by atoms with Gasteiger partial charge < -0.3 is 16.0 Å². The van der Waals surface area contributed by atoms with Gasteiger partial charge in [-0.15, -0.1) is 0 Å². The Hall–Kier alpha value is -1.26. The maximum atomic E-state index is 11.8. The summed E-state index contributed by atoms with van der Waals surface area (Å²) >= 11 is 6.11. The second-order valence-corrected chi connectivity index (χ2v) is 5.26. The molecule has 1 heterocycles.